The molecule has 1 aromatic heterocycles. The van der Waals surface area contributed by atoms with Crippen molar-refractivity contribution in [2.45, 2.75) is 32.0 Å². The van der Waals surface area contributed by atoms with Gasteiger partial charge in [0.25, 0.3) is 11.8 Å². The van der Waals surface area contributed by atoms with Gasteiger partial charge in [-0.15, -0.1) is 0 Å². The van der Waals surface area contributed by atoms with Gasteiger partial charge in [-0.25, -0.2) is 4.68 Å². The van der Waals surface area contributed by atoms with Crippen LogP contribution in [0.5, 0.6) is 5.75 Å². The van der Waals surface area contributed by atoms with Gasteiger partial charge in [-0.3, -0.25) is 9.59 Å². The van der Waals surface area contributed by atoms with Crippen LogP contribution in [0.25, 0.3) is 5.69 Å². The number of hydrogen-bond acceptors (Lipinski definition) is 4. The van der Waals surface area contributed by atoms with Crippen LogP contribution in [-0.2, 0) is 6.18 Å². The fourth-order valence-electron chi connectivity index (χ4n) is 4.04. The molecule has 1 saturated heterocycles. The Morgan fingerprint density at radius 1 is 1.11 bits per heavy atom. The summed E-state index contributed by atoms with van der Waals surface area (Å²) in [6.07, 6.45) is -2.51. The van der Waals surface area contributed by atoms with E-state index in [2.05, 4.69) is 10.4 Å². The Morgan fingerprint density at radius 2 is 1.83 bits per heavy atom. The standard InChI is InChI=1S/C25H25F3N4O3/c1-2-35-20-12-10-17(11-13-20)23(33)29-18-7-6-14-31(15-18)24(34)21-16-32(19-8-4-3-5-9-19)30-22(21)25(26,27)28/h3-5,8-13,16,18H,2,6-7,14-15H2,1H3,(H,29,33). The number of hydrogen-bond donors (Lipinski definition) is 1. The first kappa shape index (κ1) is 24.3. The molecule has 10 heteroatoms. The van der Waals surface area contributed by atoms with Gasteiger partial charge in [0.05, 0.1) is 17.9 Å². The monoisotopic (exact) mass is 486 g/mol. The summed E-state index contributed by atoms with van der Waals surface area (Å²) in [6.45, 7) is 2.77. The number of carbonyl (C=O) groups is 2. The number of halogens is 3. The highest BCUT2D eigenvalue weighted by Gasteiger charge is 2.41. The zero-order valence-corrected chi connectivity index (χ0v) is 19.1. The second kappa shape index (κ2) is 10.2. The zero-order valence-electron chi connectivity index (χ0n) is 19.1. The molecule has 3 aromatic rings. The van der Waals surface area contributed by atoms with Crippen LogP contribution < -0.4 is 10.1 Å². The Labute approximate surface area is 200 Å². The van der Waals surface area contributed by atoms with Crippen molar-refractivity contribution in [2.24, 2.45) is 0 Å². The van der Waals surface area contributed by atoms with Crippen LogP contribution in [0.1, 0.15) is 46.2 Å². The van der Waals surface area contributed by atoms with Crippen LogP contribution in [0.4, 0.5) is 13.2 Å². The van der Waals surface area contributed by atoms with Gasteiger partial charge in [0, 0.05) is 30.9 Å². The van der Waals surface area contributed by atoms with E-state index in [0.717, 1.165) is 10.9 Å². The minimum atomic E-state index is -4.79. The molecule has 2 aromatic carbocycles. The summed E-state index contributed by atoms with van der Waals surface area (Å²) in [6, 6.07) is 14.6. The minimum Gasteiger partial charge on any atom is -0.494 e. The number of para-hydroxylation sites is 1. The van der Waals surface area contributed by atoms with Gasteiger partial charge in [-0.1, -0.05) is 18.2 Å². The second-order valence-electron chi connectivity index (χ2n) is 8.19. The molecule has 7 nitrogen and oxygen atoms in total. The molecule has 1 fully saturated rings. The lowest BCUT2D eigenvalue weighted by Gasteiger charge is -2.33. The topological polar surface area (TPSA) is 76.5 Å². The van der Waals surface area contributed by atoms with E-state index < -0.39 is 23.3 Å². The Kier molecular flexibility index (Phi) is 7.09. The molecule has 2 amide bonds. The van der Waals surface area contributed by atoms with E-state index in [4.69, 9.17) is 4.74 Å². The number of nitrogens with one attached hydrogen (secondary N) is 1. The van der Waals surface area contributed by atoms with Crippen LogP contribution in [0, 0.1) is 0 Å². The van der Waals surface area contributed by atoms with E-state index >= 15 is 0 Å². The molecule has 4 rings (SSSR count). The zero-order chi connectivity index (χ0) is 25.0. The Morgan fingerprint density at radius 3 is 2.49 bits per heavy atom. The van der Waals surface area contributed by atoms with E-state index in [1.54, 1.807) is 54.6 Å². The van der Waals surface area contributed by atoms with Gasteiger partial charge in [-0.05, 0) is 56.2 Å². The molecule has 1 unspecified atom stereocenters. The van der Waals surface area contributed by atoms with Crippen LogP contribution in [0.3, 0.4) is 0 Å². The molecule has 2 heterocycles. The van der Waals surface area contributed by atoms with Crippen molar-refractivity contribution in [3.05, 3.63) is 77.6 Å². The molecule has 0 bridgehead atoms. The fraction of sp³-hybridized carbons (Fsp3) is 0.320. The maximum absolute atomic E-state index is 13.7. The number of benzene rings is 2. The molecule has 0 spiro atoms. The van der Waals surface area contributed by atoms with E-state index in [-0.39, 0.29) is 18.5 Å². The first-order chi connectivity index (χ1) is 16.8. The number of nitrogens with zero attached hydrogens (tertiary/aromatic N) is 3. The number of alkyl halides is 3. The first-order valence-corrected chi connectivity index (χ1v) is 11.3. The molecule has 35 heavy (non-hydrogen) atoms. The summed E-state index contributed by atoms with van der Waals surface area (Å²) in [7, 11) is 0. The average molecular weight is 486 g/mol. The van der Waals surface area contributed by atoms with Crippen molar-refractivity contribution >= 4 is 11.8 Å². The molecular weight excluding hydrogens is 461 g/mol. The Balaban J connectivity index is 1.49. The third kappa shape index (κ3) is 5.64. The summed E-state index contributed by atoms with van der Waals surface area (Å²) < 4.78 is 47.6. The van der Waals surface area contributed by atoms with Crippen LogP contribution in [0.2, 0.25) is 0 Å². The predicted octanol–water partition coefficient (Wildman–Crippen LogP) is 4.32. The minimum absolute atomic E-state index is 0.107. The lowest BCUT2D eigenvalue weighted by molar-refractivity contribution is -0.141. The van der Waals surface area contributed by atoms with Gasteiger partial charge in [-0.2, -0.15) is 18.3 Å². The molecule has 1 aliphatic rings. The van der Waals surface area contributed by atoms with E-state index in [0.29, 0.717) is 43.0 Å². The van der Waals surface area contributed by atoms with Gasteiger partial charge in [0.1, 0.15) is 5.75 Å². The number of rotatable bonds is 6. The number of amides is 2. The third-order valence-corrected chi connectivity index (χ3v) is 5.71. The predicted molar refractivity (Wildman–Crippen MR) is 123 cm³/mol. The molecule has 1 N–H and O–H groups in total. The lowest BCUT2D eigenvalue weighted by atomic mass is 10.0. The smallest absolute Gasteiger partial charge is 0.435 e. The lowest BCUT2D eigenvalue weighted by Crippen LogP contribution is -2.49. The Bertz CT molecular complexity index is 1180. The number of piperidine rings is 1. The second-order valence-corrected chi connectivity index (χ2v) is 8.19. The van der Waals surface area contributed by atoms with Gasteiger partial charge in [0.15, 0.2) is 5.69 Å². The third-order valence-electron chi connectivity index (χ3n) is 5.71. The van der Waals surface area contributed by atoms with Gasteiger partial charge < -0.3 is 15.0 Å². The summed E-state index contributed by atoms with van der Waals surface area (Å²) in [5, 5.41) is 6.54. The van der Waals surface area contributed by atoms with Crippen LogP contribution >= 0.6 is 0 Å². The SMILES string of the molecule is CCOc1ccc(C(=O)NC2CCCN(C(=O)c3cn(-c4ccccc4)nc3C(F)(F)F)C2)cc1. The summed E-state index contributed by atoms with van der Waals surface area (Å²) in [4.78, 5) is 27.2. The quantitative estimate of drug-likeness (QED) is 0.563. The Hall–Kier alpha value is -3.82. The largest absolute Gasteiger partial charge is 0.494 e. The van der Waals surface area contributed by atoms with E-state index in [1.165, 1.54) is 4.90 Å². The molecular formula is C25H25F3N4O3. The number of likely N-dealkylation sites (tertiary alicyclic amines) is 1. The summed E-state index contributed by atoms with van der Waals surface area (Å²) in [5.74, 6) is -0.435. The molecule has 0 saturated carbocycles. The maximum Gasteiger partial charge on any atom is 0.435 e. The molecule has 0 aliphatic carbocycles. The van der Waals surface area contributed by atoms with Crippen LogP contribution in [0.15, 0.2) is 60.8 Å². The van der Waals surface area contributed by atoms with Crippen molar-refractivity contribution in [3.63, 3.8) is 0 Å². The van der Waals surface area contributed by atoms with Crippen molar-refractivity contribution in [1.29, 1.82) is 0 Å². The van der Waals surface area contributed by atoms with Gasteiger partial charge in [0.2, 0.25) is 0 Å². The number of ether oxygens (including phenoxy) is 1. The molecule has 1 atom stereocenters. The highest BCUT2D eigenvalue weighted by Crippen LogP contribution is 2.32. The first-order valence-electron chi connectivity index (χ1n) is 11.3. The van der Waals surface area contributed by atoms with Crippen molar-refractivity contribution in [2.75, 3.05) is 19.7 Å². The molecule has 184 valence electrons. The maximum atomic E-state index is 13.7. The molecule has 0 radical (unpaired) electrons. The average Bonchev–Trinajstić information content (AvgIpc) is 3.31. The fourth-order valence-corrected chi connectivity index (χ4v) is 4.04. The number of carbonyl (C=O) groups excluding carboxylic acids is 2. The van der Waals surface area contributed by atoms with Gasteiger partial charge >= 0.3 is 6.18 Å². The highest BCUT2D eigenvalue weighted by molar-refractivity contribution is 5.96. The summed E-state index contributed by atoms with van der Waals surface area (Å²) in [5.41, 5.74) is -0.900. The molecule has 1 aliphatic heterocycles. The summed E-state index contributed by atoms with van der Waals surface area (Å²) >= 11 is 0. The van der Waals surface area contributed by atoms with Crippen molar-refractivity contribution < 1.29 is 27.5 Å². The van der Waals surface area contributed by atoms with Crippen molar-refractivity contribution in [3.8, 4) is 11.4 Å². The van der Waals surface area contributed by atoms with E-state index in [9.17, 15) is 22.8 Å². The number of aromatic nitrogens is 2. The van der Waals surface area contributed by atoms with E-state index in [1.807, 2.05) is 6.92 Å². The normalized spacial score (nSPS) is 16.1. The van der Waals surface area contributed by atoms with Crippen LogP contribution in [-0.4, -0.2) is 52.2 Å². The van der Waals surface area contributed by atoms with Crippen molar-refractivity contribution in [1.82, 2.24) is 20.0 Å². The highest BCUT2D eigenvalue weighted by atomic mass is 19.4.